The number of rotatable bonds is 4. The van der Waals surface area contributed by atoms with E-state index in [0.717, 1.165) is 6.54 Å². The smallest absolute Gasteiger partial charge is 0.153 e. The third kappa shape index (κ3) is 3.96. The van der Waals surface area contributed by atoms with Crippen molar-refractivity contribution in [1.82, 2.24) is 5.32 Å². The summed E-state index contributed by atoms with van der Waals surface area (Å²) in [7, 11) is -2.83. The second kappa shape index (κ2) is 6.14. The number of sulfone groups is 1. The highest BCUT2D eigenvalue weighted by atomic mass is 32.2. The molecule has 0 saturated carbocycles. The molecule has 0 amide bonds. The Morgan fingerprint density at radius 3 is 2.50 bits per heavy atom. The molecule has 5 heteroatoms. The van der Waals surface area contributed by atoms with Gasteiger partial charge in [-0.05, 0) is 18.6 Å². The molecule has 0 unspecified atom stereocenters. The molecule has 20 heavy (non-hydrogen) atoms. The van der Waals surface area contributed by atoms with Gasteiger partial charge in [0.15, 0.2) is 9.84 Å². The van der Waals surface area contributed by atoms with Crippen LogP contribution in [0.3, 0.4) is 0 Å². The molecular weight excluding hydrogens is 272 g/mol. The lowest BCUT2D eigenvalue weighted by Crippen LogP contribution is -2.41. The van der Waals surface area contributed by atoms with Crippen LogP contribution >= 0.6 is 0 Å². The molecule has 0 aromatic heterocycles. The van der Waals surface area contributed by atoms with Gasteiger partial charge in [-0.15, -0.1) is 0 Å². The summed E-state index contributed by atoms with van der Waals surface area (Å²) in [5.74, 6) is 0.524. The molecule has 1 aromatic rings. The molecule has 0 radical (unpaired) electrons. The van der Waals surface area contributed by atoms with E-state index in [2.05, 4.69) is 49.2 Å². The summed E-state index contributed by atoms with van der Waals surface area (Å²) < 4.78 is 23.1. The summed E-state index contributed by atoms with van der Waals surface area (Å²) >= 11 is 0. The summed E-state index contributed by atoms with van der Waals surface area (Å²) in [6.07, 6.45) is 0. The lowest BCUT2D eigenvalue weighted by atomic mass is 10.1. The van der Waals surface area contributed by atoms with Crippen molar-refractivity contribution >= 4 is 15.5 Å². The zero-order valence-electron chi connectivity index (χ0n) is 12.5. The minimum Gasteiger partial charge on any atom is -0.369 e. The molecule has 0 aliphatic carbocycles. The van der Waals surface area contributed by atoms with Gasteiger partial charge >= 0.3 is 0 Å². The van der Waals surface area contributed by atoms with E-state index in [-0.39, 0.29) is 11.5 Å². The molecule has 4 nitrogen and oxygen atoms in total. The highest BCUT2D eigenvalue weighted by Crippen LogP contribution is 2.24. The highest BCUT2D eigenvalue weighted by molar-refractivity contribution is 7.91. The van der Waals surface area contributed by atoms with Gasteiger partial charge in [0.25, 0.3) is 0 Å². The number of hydrogen-bond donors (Lipinski definition) is 1. The van der Waals surface area contributed by atoms with Crippen LogP contribution in [0.4, 0.5) is 5.69 Å². The second-order valence-electron chi connectivity index (χ2n) is 5.81. The van der Waals surface area contributed by atoms with Gasteiger partial charge in [0.1, 0.15) is 0 Å². The average Bonchev–Trinajstić information content (AvgIpc) is 2.37. The van der Waals surface area contributed by atoms with Gasteiger partial charge in [0.05, 0.1) is 11.5 Å². The molecule has 1 aromatic carbocycles. The maximum absolute atomic E-state index is 11.5. The van der Waals surface area contributed by atoms with Crippen molar-refractivity contribution in [3.05, 3.63) is 29.3 Å². The van der Waals surface area contributed by atoms with Crippen LogP contribution in [0.1, 0.15) is 25.0 Å². The zero-order valence-corrected chi connectivity index (χ0v) is 13.3. The number of hydrogen-bond acceptors (Lipinski definition) is 4. The lowest BCUT2D eigenvalue weighted by molar-refractivity contribution is 0.582. The predicted molar refractivity (Wildman–Crippen MR) is 84.0 cm³/mol. The van der Waals surface area contributed by atoms with Crippen LogP contribution in [-0.4, -0.2) is 39.1 Å². The Labute approximate surface area is 122 Å². The van der Waals surface area contributed by atoms with Crippen LogP contribution in [-0.2, 0) is 16.4 Å². The topological polar surface area (TPSA) is 49.4 Å². The Morgan fingerprint density at radius 1 is 1.25 bits per heavy atom. The molecule has 1 aliphatic rings. The molecule has 0 bridgehead atoms. The average molecular weight is 296 g/mol. The van der Waals surface area contributed by atoms with Crippen molar-refractivity contribution in [2.75, 3.05) is 29.5 Å². The van der Waals surface area contributed by atoms with Gasteiger partial charge in [0.2, 0.25) is 0 Å². The number of benzene rings is 1. The number of nitrogens with zero attached hydrogens (tertiary/aromatic N) is 1. The van der Waals surface area contributed by atoms with E-state index in [1.807, 2.05) is 0 Å². The van der Waals surface area contributed by atoms with Gasteiger partial charge in [-0.25, -0.2) is 8.42 Å². The van der Waals surface area contributed by atoms with E-state index in [1.54, 1.807) is 0 Å². The van der Waals surface area contributed by atoms with Crippen LogP contribution in [0.15, 0.2) is 18.2 Å². The molecule has 1 saturated heterocycles. The minimum absolute atomic E-state index is 0.262. The third-order valence-corrected chi connectivity index (χ3v) is 5.23. The van der Waals surface area contributed by atoms with Gasteiger partial charge in [-0.3, -0.25) is 0 Å². The summed E-state index contributed by atoms with van der Waals surface area (Å²) in [6.45, 7) is 8.35. The van der Waals surface area contributed by atoms with Gasteiger partial charge in [-0.1, -0.05) is 31.5 Å². The van der Waals surface area contributed by atoms with Gasteiger partial charge in [-0.2, -0.15) is 0 Å². The maximum Gasteiger partial charge on any atom is 0.153 e. The van der Waals surface area contributed by atoms with E-state index < -0.39 is 9.84 Å². The van der Waals surface area contributed by atoms with Crippen LogP contribution in [0.25, 0.3) is 0 Å². The molecule has 1 aliphatic heterocycles. The molecule has 112 valence electrons. The summed E-state index contributed by atoms with van der Waals surface area (Å²) in [5, 5.41) is 3.44. The van der Waals surface area contributed by atoms with Crippen molar-refractivity contribution < 1.29 is 8.42 Å². The molecular formula is C15H24N2O2S. The molecule has 0 atom stereocenters. The van der Waals surface area contributed by atoms with Crippen LogP contribution in [0.5, 0.6) is 0 Å². The van der Waals surface area contributed by atoms with Gasteiger partial charge in [0, 0.05) is 31.4 Å². The molecule has 0 spiro atoms. The molecule has 1 fully saturated rings. The second-order valence-corrected chi connectivity index (χ2v) is 8.11. The van der Waals surface area contributed by atoms with Crippen LogP contribution in [0.2, 0.25) is 0 Å². The Hall–Kier alpha value is -1.07. The first-order chi connectivity index (χ1) is 9.37. The van der Waals surface area contributed by atoms with Crippen molar-refractivity contribution in [2.24, 2.45) is 0 Å². The van der Waals surface area contributed by atoms with E-state index in [9.17, 15) is 8.42 Å². The van der Waals surface area contributed by atoms with Crippen molar-refractivity contribution in [2.45, 2.75) is 33.4 Å². The quantitative estimate of drug-likeness (QED) is 0.919. The van der Waals surface area contributed by atoms with E-state index in [1.165, 1.54) is 16.8 Å². The fourth-order valence-corrected chi connectivity index (χ4v) is 3.63. The zero-order chi connectivity index (χ0) is 14.8. The molecule has 2 rings (SSSR count). The highest BCUT2D eigenvalue weighted by Gasteiger charge is 2.23. The third-order valence-electron chi connectivity index (χ3n) is 3.62. The van der Waals surface area contributed by atoms with Gasteiger partial charge < -0.3 is 10.2 Å². The van der Waals surface area contributed by atoms with Crippen LogP contribution in [0, 0.1) is 6.92 Å². The van der Waals surface area contributed by atoms with Crippen molar-refractivity contribution in [1.29, 1.82) is 0 Å². The first-order valence-corrected chi connectivity index (χ1v) is 8.98. The Kier molecular flexibility index (Phi) is 4.70. The largest absolute Gasteiger partial charge is 0.369 e. The van der Waals surface area contributed by atoms with Crippen molar-refractivity contribution in [3.8, 4) is 0 Å². The van der Waals surface area contributed by atoms with Crippen LogP contribution < -0.4 is 10.2 Å². The Morgan fingerprint density at radius 2 is 1.90 bits per heavy atom. The van der Waals surface area contributed by atoms with E-state index >= 15 is 0 Å². The number of nitrogens with one attached hydrogen (secondary N) is 1. The predicted octanol–water partition coefficient (Wildman–Crippen LogP) is 1.73. The van der Waals surface area contributed by atoms with Crippen molar-refractivity contribution in [3.63, 3.8) is 0 Å². The SMILES string of the molecule is Cc1ccc(N2CCS(=O)(=O)CC2)c(CNC(C)C)c1. The first-order valence-electron chi connectivity index (χ1n) is 7.16. The monoisotopic (exact) mass is 296 g/mol. The minimum atomic E-state index is -2.83. The standard InChI is InChI=1S/C15H24N2O2S/c1-12(2)16-11-14-10-13(3)4-5-15(14)17-6-8-20(18,19)9-7-17/h4-5,10,12,16H,6-9,11H2,1-3H3. The number of aryl methyl sites for hydroxylation is 1. The summed E-state index contributed by atoms with van der Waals surface area (Å²) in [6, 6.07) is 6.83. The maximum atomic E-state index is 11.5. The molecule has 1 heterocycles. The fourth-order valence-electron chi connectivity index (χ4n) is 2.43. The summed E-state index contributed by atoms with van der Waals surface area (Å²) in [5.41, 5.74) is 3.65. The Balaban J connectivity index is 2.18. The fraction of sp³-hybridized carbons (Fsp3) is 0.600. The lowest BCUT2D eigenvalue weighted by Gasteiger charge is -2.31. The van der Waals surface area contributed by atoms with E-state index in [4.69, 9.17) is 0 Å². The summed E-state index contributed by atoms with van der Waals surface area (Å²) in [4.78, 5) is 2.19. The number of anilines is 1. The Bertz CT molecular complexity index is 553. The first kappa shape index (κ1) is 15.3. The molecule has 1 N–H and O–H groups in total. The normalized spacial score (nSPS) is 18.5. The van der Waals surface area contributed by atoms with E-state index in [0.29, 0.717) is 19.1 Å².